The van der Waals surface area contributed by atoms with Gasteiger partial charge in [0, 0.05) is 31.7 Å². The molecular formula is C27H40N4O3. The van der Waals surface area contributed by atoms with Crippen molar-refractivity contribution < 1.29 is 14.3 Å². The fourth-order valence-corrected chi connectivity index (χ4v) is 3.44. The number of hydrogen-bond donors (Lipinski definition) is 1. The van der Waals surface area contributed by atoms with Gasteiger partial charge in [0.1, 0.15) is 0 Å². The Morgan fingerprint density at radius 1 is 1.18 bits per heavy atom. The van der Waals surface area contributed by atoms with E-state index in [4.69, 9.17) is 15.2 Å². The van der Waals surface area contributed by atoms with Crippen molar-refractivity contribution >= 4 is 17.6 Å². The van der Waals surface area contributed by atoms with Crippen molar-refractivity contribution in [1.82, 2.24) is 5.01 Å². The molecule has 1 heterocycles. The predicted molar refractivity (Wildman–Crippen MR) is 139 cm³/mol. The normalized spacial score (nSPS) is 15.8. The minimum atomic E-state index is -0.0788. The molecule has 0 radical (unpaired) electrons. The van der Waals surface area contributed by atoms with Crippen LogP contribution in [-0.4, -0.2) is 42.4 Å². The Hall–Kier alpha value is -2.93. The summed E-state index contributed by atoms with van der Waals surface area (Å²) in [6.07, 6.45) is 7.52. The molecule has 2 rings (SSSR count). The molecule has 0 unspecified atom stereocenters. The lowest BCUT2D eigenvalue weighted by Crippen LogP contribution is -2.35. The number of benzene rings is 1. The van der Waals surface area contributed by atoms with Gasteiger partial charge in [-0.15, -0.1) is 5.10 Å². The van der Waals surface area contributed by atoms with Crippen molar-refractivity contribution in [3.8, 4) is 0 Å². The highest BCUT2D eigenvalue weighted by atomic mass is 16.5. The van der Waals surface area contributed by atoms with Crippen molar-refractivity contribution in [3.05, 3.63) is 58.8 Å². The minimum Gasteiger partial charge on any atom is -0.473 e. The van der Waals surface area contributed by atoms with Crippen molar-refractivity contribution in [1.29, 1.82) is 0 Å². The zero-order chi connectivity index (χ0) is 25.3. The summed E-state index contributed by atoms with van der Waals surface area (Å²) >= 11 is 0. The van der Waals surface area contributed by atoms with E-state index >= 15 is 0 Å². The van der Waals surface area contributed by atoms with Crippen LogP contribution in [0.5, 0.6) is 0 Å². The van der Waals surface area contributed by atoms with Crippen LogP contribution in [0.25, 0.3) is 0 Å². The number of carbonyl (C=O) groups is 1. The molecule has 2 N–H and O–H groups in total. The molecule has 0 aliphatic carbocycles. The van der Waals surface area contributed by atoms with Crippen LogP contribution < -0.4 is 5.73 Å². The lowest BCUT2D eigenvalue weighted by molar-refractivity contribution is 0.0994. The number of nitrogens with zero attached hydrogens (tertiary/aromatic N) is 3. The fraction of sp³-hybridized carbons (Fsp3) is 0.519. The first kappa shape index (κ1) is 27.3. The molecule has 0 saturated heterocycles. The number of allylic oxidation sites excluding steroid dienone is 2. The number of carbonyl (C=O) groups excluding carboxylic acids is 1. The van der Waals surface area contributed by atoms with Gasteiger partial charge in [-0.05, 0) is 54.5 Å². The fourth-order valence-electron chi connectivity index (χ4n) is 3.44. The number of rotatable bonds is 9. The second-order valence-corrected chi connectivity index (χ2v) is 9.28. The van der Waals surface area contributed by atoms with Crippen molar-refractivity contribution in [2.45, 2.75) is 78.9 Å². The summed E-state index contributed by atoms with van der Waals surface area (Å²) < 4.78 is 11.5. The number of hydrogen-bond acceptors (Lipinski definition) is 5. The Bertz CT molecular complexity index is 967. The van der Waals surface area contributed by atoms with Crippen LogP contribution >= 0.6 is 0 Å². The van der Waals surface area contributed by atoms with Crippen LogP contribution in [0.1, 0.15) is 82.3 Å². The highest BCUT2D eigenvalue weighted by Gasteiger charge is 2.20. The quantitative estimate of drug-likeness (QED) is 0.301. The Balaban J connectivity index is 2.28. The zero-order valence-electron chi connectivity index (χ0n) is 21.7. The summed E-state index contributed by atoms with van der Waals surface area (Å²) in [6, 6.07) is 6.01. The number of aliphatic imine (C=N–C) groups is 1. The molecule has 0 spiro atoms. The van der Waals surface area contributed by atoms with E-state index in [1.54, 1.807) is 13.1 Å². The largest absolute Gasteiger partial charge is 0.473 e. The number of ketones is 1. The highest BCUT2D eigenvalue weighted by Crippen LogP contribution is 2.26. The molecule has 1 aromatic carbocycles. The van der Waals surface area contributed by atoms with Crippen molar-refractivity contribution in [2.24, 2.45) is 15.8 Å². The average molecular weight is 469 g/mol. The van der Waals surface area contributed by atoms with E-state index in [1.165, 1.54) is 5.01 Å². The van der Waals surface area contributed by atoms with E-state index in [-0.39, 0.29) is 29.7 Å². The molecule has 0 atom stereocenters. The third kappa shape index (κ3) is 7.55. The van der Waals surface area contributed by atoms with Crippen LogP contribution in [0.15, 0.2) is 52.2 Å². The first-order valence-corrected chi connectivity index (χ1v) is 12.0. The molecule has 34 heavy (non-hydrogen) atoms. The Labute approximate surface area is 204 Å². The zero-order valence-corrected chi connectivity index (χ0v) is 21.7. The van der Waals surface area contributed by atoms with E-state index in [1.807, 2.05) is 31.2 Å². The third-order valence-corrected chi connectivity index (χ3v) is 5.63. The average Bonchev–Trinajstić information content (AvgIpc) is 2.83. The Kier molecular flexibility index (Phi) is 10.1. The monoisotopic (exact) mass is 468 g/mol. The molecule has 0 amide bonds. The third-order valence-electron chi connectivity index (χ3n) is 5.63. The molecule has 7 heteroatoms. The summed E-state index contributed by atoms with van der Waals surface area (Å²) in [7, 11) is 1.60. The topological polar surface area (TPSA) is 89.5 Å². The van der Waals surface area contributed by atoms with Crippen LogP contribution in [0.3, 0.4) is 0 Å². The van der Waals surface area contributed by atoms with E-state index in [0.717, 1.165) is 24.0 Å². The molecule has 186 valence electrons. The first-order valence-electron chi connectivity index (χ1n) is 12.0. The summed E-state index contributed by atoms with van der Waals surface area (Å²) in [4.78, 5) is 17.2. The molecule has 1 aliphatic rings. The van der Waals surface area contributed by atoms with Gasteiger partial charge in [-0.3, -0.25) is 9.79 Å². The maximum absolute atomic E-state index is 13.2. The van der Waals surface area contributed by atoms with Gasteiger partial charge >= 0.3 is 0 Å². The second kappa shape index (κ2) is 12.5. The maximum atomic E-state index is 13.2. The smallest absolute Gasteiger partial charge is 0.232 e. The maximum Gasteiger partial charge on any atom is 0.232 e. The second-order valence-electron chi connectivity index (χ2n) is 9.28. The van der Waals surface area contributed by atoms with Gasteiger partial charge < -0.3 is 15.2 Å². The Morgan fingerprint density at radius 3 is 2.47 bits per heavy atom. The van der Waals surface area contributed by atoms with Crippen LogP contribution in [0.2, 0.25) is 0 Å². The SMILES string of the molecule is CCOCc1cc(C(=O)C/C=C2\C=CC(OC(CC)CC)=NN2C(N)=NC)cc(C(C)(C)C)c1. The molecular weight excluding hydrogens is 428 g/mol. The Morgan fingerprint density at radius 2 is 1.88 bits per heavy atom. The lowest BCUT2D eigenvalue weighted by atomic mass is 9.84. The van der Waals surface area contributed by atoms with E-state index < -0.39 is 0 Å². The summed E-state index contributed by atoms with van der Waals surface area (Å²) in [5, 5.41) is 6.01. The first-order chi connectivity index (χ1) is 16.1. The van der Waals surface area contributed by atoms with Gasteiger partial charge in [-0.1, -0.05) is 46.8 Å². The molecule has 7 nitrogen and oxygen atoms in total. The number of ether oxygens (including phenoxy) is 2. The molecule has 0 fully saturated rings. The van der Waals surface area contributed by atoms with E-state index in [0.29, 0.717) is 30.4 Å². The molecule has 0 bridgehead atoms. The van der Waals surface area contributed by atoms with Gasteiger partial charge in [0.25, 0.3) is 0 Å². The summed E-state index contributed by atoms with van der Waals surface area (Å²) in [5.41, 5.74) is 9.46. The number of nitrogens with two attached hydrogens (primary N) is 1. The predicted octanol–water partition coefficient (Wildman–Crippen LogP) is 5.31. The van der Waals surface area contributed by atoms with Crippen molar-refractivity contribution in [3.63, 3.8) is 0 Å². The molecule has 1 aliphatic heterocycles. The van der Waals surface area contributed by atoms with E-state index in [9.17, 15) is 4.79 Å². The van der Waals surface area contributed by atoms with Crippen LogP contribution in [0, 0.1) is 0 Å². The van der Waals surface area contributed by atoms with Gasteiger partial charge in [0.05, 0.1) is 18.4 Å². The number of hydrazone groups is 1. The highest BCUT2D eigenvalue weighted by molar-refractivity contribution is 5.98. The van der Waals surface area contributed by atoms with Gasteiger partial charge in [0.15, 0.2) is 5.78 Å². The van der Waals surface area contributed by atoms with Crippen LogP contribution in [-0.2, 0) is 21.5 Å². The lowest BCUT2D eigenvalue weighted by Gasteiger charge is -2.25. The summed E-state index contributed by atoms with van der Waals surface area (Å²) in [6.45, 7) is 13.6. The summed E-state index contributed by atoms with van der Waals surface area (Å²) in [5.74, 6) is 0.712. The number of guanidine groups is 1. The van der Waals surface area contributed by atoms with Gasteiger partial charge in [0.2, 0.25) is 11.9 Å². The van der Waals surface area contributed by atoms with Crippen molar-refractivity contribution in [2.75, 3.05) is 13.7 Å². The minimum absolute atomic E-state index is 0.0137. The standard InChI is InChI=1S/C27H40N4O3/c1-8-23(9-2)34-25-14-12-22(31(30-25)26(28)29-7)11-13-24(32)20-15-19(18-33-10-3)16-21(17-20)27(4,5)6/h11-12,14-17,23H,8-10,13,18H2,1-7H3,(H2,28,29)/b22-11+. The molecule has 0 aromatic heterocycles. The number of Topliss-reactive ketones (excluding diaryl/α,β-unsaturated/α-hetero) is 1. The van der Waals surface area contributed by atoms with Gasteiger partial charge in [-0.25, -0.2) is 0 Å². The molecule has 0 saturated carbocycles. The molecule has 1 aromatic rings. The van der Waals surface area contributed by atoms with E-state index in [2.05, 4.69) is 50.8 Å². The van der Waals surface area contributed by atoms with Crippen LogP contribution in [0.4, 0.5) is 0 Å². The van der Waals surface area contributed by atoms with Gasteiger partial charge in [-0.2, -0.15) is 5.01 Å².